The van der Waals surface area contributed by atoms with E-state index in [0.29, 0.717) is 17.1 Å². The number of carbonyl (C=O) groups excluding carboxylic acids is 2. The molecule has 0 saturated heterocycles. The lowest BCUT2D eigenvalue weighted by Gasteiger charge is -2.11. The number of aryl methyl sites for hydroxylation is 1. The van der Waals surface area contributed by atoms with Crippen molar-refractivity contribution in [1.82, 2.24) is 0 Å². The van der Waals surface area contributed by atoms with E-state index < -0.39 is 11.8 Å². The lowest BCUT2D eigenvalue weighted by Crippen LogP contribution is -2.29. The maximum Gasteiger partial charge on any atom is 0.314 e. The molecule has 0 aliphatic rings. The largest absolute Gasteiger partial charge is 0.495 e. The van der Waals surface area contributed by atoms with Gasteiger partial charge in [-0.3, -0.25) is 9.59 Å². The van der Waals surface area contributed by atoms with Crippen molar-refractivity contribution >= 4 is 35.0 Å². The summed E-state index contributed by atoms with van der Waals surface area (Å²) in [5.41, 5.74) is 1.82. The first kappa shape index (κ1) is 17.4. The summed E-state index contributed by atoms with van der Waals surface area (Å²) in [6.45, 7) is 1.87. The van der Waals surface area contributed by atoms with Gasteiger partial charge in [0, 0.05) is 10.6 Å². The Bertz CT molecular complexity index is 798. The number of anilines is 2. The number of amides is 2. The first-order chi connectivity index (χ1) is 11.5. The SMILES string of the molecule is COc1ccc(C)cc1NC(=O)C(=O)Nc1ccc(SC#N)cc1. The fourth-order valence-corrected chi connectivity index (χ4v) is 2.32. The number of thioether (sulfide) groups is 1. The van der Waals surface area contributed by atoms with E-state index in [1.54, 1.807) is 36.4 Å². The Hall–Kier alpha value is -2.98. The fraction of sp³-hybridized carbons (Fsp3) is 0.118. The second-order valence-corrected chi connectivity index (χ2v) is 5.69. The van der Waals surface area contributed by atoms with E-state index in [4.69, 9.17) is 10.00 Å². The highest BCUT2D eigenvalue weighted by Crippen LogP contribution is 2.25. The summed E-state index contributed by atoms with van der Waals surface area (Å²) < 4.78 is 5.16. The van der Waals surface area contributed by atoms with Crippen LogP contribution in [0.1, 0.15) is 5.56 Å². The van der Waals surface area contributed by atoms with Gasteiger partial charge in [-0.05, 0) is 60.6 Å². The number of methoxy groups -OCH3 is 1. The number of nitrogens with one attached hydrogen (secondary N) is 2. The molecular formula is C17H15N3O3S. The molecule has 2 rings (SSSR count). The number of benzene rings is 2. The summed E-state index contributed by atoms with van der Waals surface area (Å²) in [6, 6.07) is 11.9. The first-order valence-electron chi connectivity index (χ1n) is 6.96. The van der Waals surface area contributed by atoms with Crippen molar-refractivity contribution in [2.45, 2.75) is 11.8 Å². The summed E-state index contributed by atoms with van der Waals surface area (Å²) >= 11 is 1.02. The molecule has 0 radical (unpaired) electrons. The lowest BCUT2D eigenvalue weighted by molar-refractivity contribution is -0.133. The zero-order valence-electron chi connectivity index (χ0n) is 13.1. The Morgan fingerprint density at radius 2 is 1.75 bits per heavy atom. The van der Waals surface area contributed by atoms with Crippen LogP contribution in [-0.2, 0) is 9.59 Å². The number of ether oxygens (including phenoxy) is 1. The molecule has 2 aromatic carbocycles. The van der Waals surface area contributed by atoms with Crippen LogP contribution in [0.25, 0.3) is 0 Å². The number of carbonyl (C=O) groups is 2. The maximum absolute atomic E-state index is 12.0. The van der Waals surface area contributed by atoms with Crippen LogP contribution in [0.15, 0.2) is 47.4 Å². The van der Waals surface area contributed by atoms with Crippen LogP contribution >= 0.6 is 11.8 Å². The zero-order valence-corrected chi connectivity index (χ0v) is 13.9. The topological polar surface area (TPSA) is 91.2 Å². The predicted molar refractivity (Wildman–Crippen MR) is 92.9 cm³/mol. The monoisotopic (exact) mass is 341 g/mol. The summed E-state index contributed by atoms with van der Waals surface area (Å²) in [4.78, 5) is 24.8. The van der Waals surface area contributed by atoms with Crippen LogP contribution < -0.4 is 15.4 Å². The molecule has 2 amide bonds. The molecule has 0 heterocycles. The molecule has 0 aliphatic heterocycles. The van der Waals surface area contributed by atoms with Gasteiger partial charge in [0.1, 0.15) is 11.2 Å². The van der Waals surface area contributed by atoms with Crippen molar-refractivity contribution in [3.8, 4) is 11.2 Å². The summed E-state index contributed by atoms with van der Waals surface area (Å²) in [5, 5.41) is 15.6. The Kier molecular flexibility index (Phi) is 5.82. The van der Waals surface area contributed by atoms with Crippen molar-refractivity contribution in [1.29, 1.82) is 5.26 Å². The van der Waals surface area contributed by atoms with Crippen molar-refractivity contribution in [2.24, 2.45) is 0 Å². The standard InChI is InChI=1S/C17H15N3O3S/c1-11-3-8-15(23-2)14(9-11)20-17(22)16(21)19-12-4-6-13(7-5-12)24-10-18/h3-9H,1-2H3,(H,19,21)(H,20,22). The lowest BCUT2D eigenvalue weighted by atomic mass is 10.2. The third kappa shape index (κ3) is 4.51. The van der Waals surface area contributed by atoms with E-state index in [9.17, 15) is 9.59 Å². The third-order valence-electron chi connectivity index (χ3n) is 3.09. The van der Waals surface area contributed by atoms with Gasteiger partial charge in [-0.15, -0.1) is 0 Å². The molecule has 0 fully saturated rings. The van der Waals surface area contributed by atoms with E-state index in [1.807, 2.05) is 18.4 Å². The molecule has 122 valence electrons. The van der Waals surface area contributed by atoms with Gasteiger partial charge in [-0.2, -0.15) is 5.26 Å². The van der Waals surface area contributed by atoms with Crippen LogP contribution in [0.2, 0.25) is 0 Å². The number of nitriles is 1. The van der Waals surface area contributed by atoms with Crippen LogP contribution in [0.5, 0.6) is 5.75 Å². The van der Waals surface area contributed by atoms with Crippen molar-refractivity contribution in [3.05, 3.63) is 48.0 Å². The average molecular weight is 341 g/mol. The second-order valence-electron chi connectivity index (χ2n) is 4.83. The summed E-state index contributed by atoms with van der Waals surface area (Å²) in [7, 11) is 1.49. The normalized spacial score (nSPS) is 9.71. The highest BCUT2D eigenvalue weighted by atomic mass is 32.2. The quantitative estimate of drug-likeness (QED) is 0.506. The van der Waals surface area contributed by atoms with Crippen molar-refractivity contribution in [3.63, 3.8) is 0 Å². The summed E-state index contributed by atoms with van der Waals surface area (Å²) in [5.74, 6) is -1.12. The van der Waals surface area contributed by atoms with E-state index in [1.165, 1.54) is 7.11 Å². The van der Waals surface area contributed by atoms with Gasteiger partial charge < -0.3 is 15.4 Å². The average Bonchev–Trinajstić information content (AvgIpc) is 2.57. The maximum atomic E-state index is 12.0. The number of hydrogen-bond acceptors (Lipinski definition) is 5. The smallest absolute Gasteiger partial charge is 0.314 e. The molecule has 24 heavy (non-hydrogen) atoms. The second kappa shape index (κ2) is 8.04. The van der Waals surface area contributed by atoms with E-state index in [2.05, 4.69) is 10.6 Å². The van der Waals surface area contributed by atoms with E-state index >= 15 is 0 Å². The van der Waals surface area contributed by atoms with Gasteiger partial charge in [0.05, 0.1) is 12.8 Å². The van der Waals surface area contributed by atoms with Crippen LogP contribution in [-0.4, -0.2) is 18.9 Å². The number of hydrogen-bond donors (Lipinski definition) is 2. The first-order valence-corrected chi connectivity index (χ1v) is 7.78. The van der Waals surface area contributed by atoms with Crippen LogP contribution in [0.3, 0.4) is 0 Å². The van der Waals surface area contributed by atoms with Crippen molar-refractivity contribution < 1.29 is 14.3 Å². The fourth-order valence-electron chi connectivity index (χ4n) is 1.95. The Balaban J connectivity index is 2.03. The van der Waals surface area contributed by atoms with Crippen LogP contribution in [0, 0.1) is 17.6 Å². The van der Waals surface area contributed by atoms with Gasteiger partial charge in [0.25, 0.3) is 0 Å². The molecule has 0 spiro atoms. The molecular weight excluding hydrogens is 326 g/mol. The molecule has 0 atom stereocenters. The molecule has 6 nitrogen and oxygen atoms in total. The number of nitrogens with zero attached hydrogens (tertiary/aromatic N) is 1. The molecule has 0 bridgehead atoms. The number of rotatable bonds is 4. The number of thiocyanates is 1. The Labute approximate surface area is 143 Å². The van der Waals surface area contributed by atoms with Gasteiger partial charge in [0.2, 0.25) is 0 Å². The molecule has 0 unspecified atom stereocenters. The molecule has 7 heteroatoms. The molecule has 0 saturated carbocycles. The highest BCUT2D eigenvalue weighted by Gasteiger charge is 2.16. The Morgan fingerprint density at radius 3 is 2.38 bits per heavy atom. The van der Waals surface area contributed by atoms with E-state index in [0.717, 1.165) is 22.2 Å². The van der Waals surface area contributed by atoms with Gasteiger partial charge in [-0.25, -0.2) is 0 Å². The summed E-state index contributed by atoms with van der Waals surface area (Å²) in [6.07, 6.45) is 0. The molecule has 2 N–H and O–H groups in total. The zero-order chi connectivity index (χ0) is 17.5. The molecule has 2 aromatic rings. The van der Waals surface area contributed by atoms with Crippen LogP contribution in [0.4, 0.5) is 11.4 Å². The minimum absolute atomic E-state index is 0.429. The van der Waals surface area contributed by atoms with Gasteiger partial charge in [-0.1, -0.05) is 6.07 Å². The minimum Gasteiger partial charge on any atom is -0.495 e. The predicted octanol–water partition coefficient (Wildman–Crippen LogP) is 3.15. The Morgan fingerprint density at radius 1 is 1.08 bits per heavy atom. The minimum atomic E-state index is -0.797. The molecule has 0 aromatic heterocycles. The van der Waals surface area contributed by atoms with E-state index in [-0.39, 0.29) is 0 Å². The van der Waals surface area contributed by atoms with Crippen molar-refractivity contribution in [2.75, 3.05) is 17.7 Å². The molecule has 0 aliphatic carbocycles. The van der Waals surface area contributed by atoms with Gasteiger partial charge >= 0.3 is 11.8 Å². The third-order valence-corrected chi connectivity index (χ3v) is 3.68. The highest BCUT2D eigenvalue weighted by molar-refractivity contribution is 8.03. The van der Waals surface area contributed by atoms with Gasteiger partial charge in [0.15, 0.2) is 0 Å².